The van der Waals surface area contributed by atoms with Gasteiger partial charge in [-0.05, 0) is 62.1 Å². The fourth-order valence-corrected chi connectivity index (χ4v) is 4.22. The largest absolute Gasteiger partial charge is 0.435 e. The molecule has 2 fully saturated rings. The van der Waals surface area contributed by atoms with Gasteiger partial charge in [-0.1, -0.05) is 19.1 Å². The summed E-state index contributed by atoms with van der Waals surface area (Å²) in [6, 6.07) is 7.11. The summed E-state index contributed by atoms with van der Waals surface area (Å²) in [5.41, 5.74) is 1.81. The molecule has 0 amide bonds. The number of aromatic nitrogens is 2. The maximum Gasteiger partial charge on any atom is 0.387 e. The standard InChI is InChI=1S/C22H28F2N4O/c1-15-4-8-17(9-5-15)26-22-25-14-19(20(27-22)28-12-2-3-13-28)16-6-10-18(11-7-16)29-21(23)24/h6-7,10-11,14-15,17,21H,2-5,8-9,12-13H2,1H3,(H,25,26,27)/t15-,17-. The number of nitrogens with zero attached hydrogens (tertiary/aromatic N) is 3. The molecule has 2 heterocycles. The van der Waals surface area contributed by atoms with Crippen LogP contribution in [-0.2, 0) is 0 Å². The fourth-order valence-electron chi connectivity index (χ4n) is 4.22. The Bertz CT molecular complexity index is 801. The number of halogens is 2. The Balaban J connectivity index is 1.57. The van der Waals surface area contributed by atoms with Gasteiger partial charge in [0.1, 0.15) is 11.6 Å². The average Bonchev–Trinajstić information content (AvgIpc) is 3.25. The number of rotatable bonds is 6. The van der Waals surface area contributed by atoms with Gasteiger partial charge in [0, 0.05) is 30.9 Å². The molecule has 1 aromatic carbocycles. The first kappa shape index (κ1) is 19.9. The summed E-state index contributed by atoms with van der Waals surface area (Å²) in [6.45, 7) is 1.43. The molecule has 0 atom stereocenters. The zero-order valence-corrected chi connectivity index (χ0v) is 16.8. The van der Waals surface area contributed by atoms with Gasteiger partial charge in [0.2, 0.25) is 5.95 Å². The van der Waals surface area contributed by atoms with Crippen LogP contribution < -0.4 is 15.0 Å². The highest BCUT2D eigenvalue weighted by Crippen LogP contribution is 2.33. The third kappa shape index (κ3) is 4.95. The minimum Gasteiger partial charge on any atom is -0.435 e. The van der Waals surface area contributed by atoms with Gasteiger partial charge in [0.05, 0.1) is 0 Å². The van der Waals surface area contributed by atoms with Crippen LogP contribution in [0.15, 0.2) is 30.5 Å². The second-order valence-corrected chi connectivity index (χ2v) is 8.13. The monoisotopic (exact) mass is 402 g/mol. The van der Waals surface area contributed by atoms with Crippen molar-refractivity contribution >= 4 is 11.8 Å². The summed E-state index contributed by atoms with van der Waals surface area (Å²) in [4.78, 5) is 11.7. The zero-order valence-electron chi connectivity index (χ0n) is 16.8. The lowest BCUT2D eigenvalue weighted by Gasteiger charge is -2.27. The molecule has 4 rings (SSSR count). The minimum absolute atomic E-state index is 0.150. The van der Waals surface area contributed by atoms with Gasteiger partial charge in [0.25, 0.3) is 0 Å². The van der Waals surface area contributed by atoms with Crippen LogP contribution >= 0.6 is 0 Å². The number of benzene rings is 1. The smallest absolute Gasteiger partial charge is 0.387 e. The number of nitrogens with one attached hydrogen (secondary N) is 1. The van der Waals surface area contributed by atoms with Crippen LogP contribution in [0.25, 0.3) is 11.1 Å². The summed E-state index contributed by atoms with van der Waals surface area (Å²) in [5.74, 6) is 2.53. The fraction of sp³-hybridized carbons (Fsp3) is 0.545. The first-order valence-electron chi connectivity index (χ1n) is 10.5. The van der Waals surface area contributed by atoms with Crippen LogP contribution in [0, 0.1) is 5.92 Å². The Hall–Kier alpha value is -2.44. The Morgan fingerprint density at radius 1 is 1.07 bits per heavy atom. The van der Waals surface area contributed by atoms with Crippen molar-refractivity contribution in [3.05, 3.63) is 30.5 Å². The molecule has 1 N–H and O–H groups in total. The van der Waals surface area contributed by atoms with Crippen molar-refractivity contribution in [1.29, 1.82) is 0 Å². The van der Waals surface area contributed by atoms with Gasteiger partial charge < -0.3 is 15.0 Å². The van der Waals surface area contributed by atoms with Crippen LogP contribution in [0.3, 0.4) is 0 Å². The van der Waals surface area contributed by atoms with E-state index in [0.29, 0.717) is 12.0 Å². The molecule has 1 aromatic heterocycles. The van der Waals surface area contributed by atoms with E-state index >= 15 is 0 Å². The second-order valence-electron chi connectivity index (χ2n) is 8.13. The van der Waals surface area contributed by atoms with Crippen LogP contribution in [0.5, 0.6) is 5.75 Å². The minimum atomic E-state index is -2.82. The molecule has 0 spiro atoms. The van der Waals surface area contributed by atoms with Crippen LogP contribution in [0.1, 0.15) is 45.4 Å². The Morgan fingerprint density at radius 2 is 1.76 bits per heavy atom. The molecule has 2 aliphatic rings. The Morgan fingerprint density at radius 3 is 2.41 bits per heavy atom. The molecule has 2 aromatic rings. The molecule has 5 nitrogen and oxygen atoms in total. The molecule has 29 heavy (non-hydrogen) atoms. The maximum absolute atomic E-state index is 12.4. The van der Waals surface area contributed by atoms with Crippen molar-refractivity contribution in [2.75, 3.05) is 23.3 Å². The van der Waals surface area contributed by atoms with Crippen molar-refractivity contribution in [2.24, 2.45) is 5.92 Å². The first-order valence-corrected chi connectivity index (χ1v) is 10.5. The predicted octanol–water partition coefficient (Wildman–Crippen LogP) is 5.34. The van der Waals surface area contributed by atoms with E-state index in [0.717, 1.165) is 61.6 Å². The number of hydrogen-bond donors (Lipinski definition) is 1. The van der Waals surface area contributed by atoms with Crippen molar-refractivity contribution in [1.82, 2.24) is 9.97 Å². The van der Waals surface area contributed by atoms with Crippen molar-refractivity contribution in [3.8, 4) is 16.9 Å². The predicted molar refractivity (Wildman–Crippen MR) is 111 cm³/mol. The van der Waals surface area contributed by atoms with Gasteiger partial charge >= 0.3 is 6.61 Å². The molecule has 0 bridgehead atoms. The summed E-state index contributed by atoms with van der Waals surface area (Å²) in [5, 5.41) is 3.52. The Labute approximate surface area is 170 Å². The summed E-state index contributed by atoms with van der Waals surface area (Å²) in [7, 11) is 0. The molecule has 1 aliphatic heterocycles. The molecule has 1 saturated carbocycles. The van der Waals surface area contributed by atoms with E-state index < -0.39 is 6.61 Å². The lowest BCUT2D eigenvalue weighted by Crippen LogP contribution is -2.27. The van der Waals surface area contributed by atoms with E-state index in [2.05, 4.69) is 26.9 Å². The maximum atomic E-state index is 12.4. The van der Waals surface area contributed by atoms with Gasteiger partial charge in [-0.3, -0.25) is 0 Å². The number of hydrogen-bond acceptors (Lipinski definition) is 5. The molecular weight excluding hydrogens is 374 g/mol. The summed E-state index contributed by atoms with van der Waals surface area (Å²) < 4.78 is 29.3. The molecule has 1 aliphatic carbocycles. The van der Waals surface area contributed by atoms with Crippen LogP contribution in [0.4, 0.5) is 20.5 Å². The first-order chi connectivity index (χ1) is 14.1. The number of alkyl halides is 2. The van der Waals surface area contributed by atoms with E-state index in [-0.39, 0.29) is 5.75 Å². The third-order valence-corrected chi connectivity index (χ3v) is 5.91. The summed E-state index contributed by atoms with van der Waals surface area (Å²) >= 11 is 0. The highest BCUT2D eigenvalue weighted by atomic mass is 19.3. The molecule has 1 saturated heterocycles. The van der Waals surface area contributed by atoms with Crippen molar-refractivity contribution < 1.29 is 13.5 Å². The van der Waals surface area contributed by atoms with Gasteiger partial charge in [-0.2, -0.15) is 13.8 Å². The quantitative estimate of drug-likeness (QED) is 0.707. The Kier molecular flexibility index (Phi) is 6.11. The lowest BCUT2D eigenvalue weighted by atomic mass is 9.87. The van der Waals surface area contributed by atoms with Gasteiger partial charge in [-0.25, -0.2) is 4.98 Å². The van der Waals surface area contributed by atoms with Crippen LogP contribution in [-0.4, -0.2) is 35.7 Å². The topological polar surface area (TPSA) is 50.3 Å². The zero-order chi connectivity index (χ0) is 20.2. The molecule has 156 valence electrons. The van der Waals surface area contributed by atoms with E-state index in [4.69, 9.17) is 4.98 Å². The van der Waals surface area contributed by atoms with Crippen LogP contribution in [0.2, 0.25) is 0 Å². The van der Waals surface area contributed by atoms with E-state index in [1.807, 2.05) is 6.20 Å². The molecule has 7 heteroatoms. The van der Waals surface area contributed by atoms with E-state index in [9.17, 15) is 8.78 Å². The molecular formula is C22H28F2N4O. The highest BCUT2D eigenvalue weighted by Gasteiger charge is 2.22. The van der Waals surface area contributed by atoms with E-state index in [1.165, 1.54) is 12.8 Å². The van der Waals surface area contributed by atoms with E-state index in [1.54, 1.807) is 24.3 Å². The SMILES string of the molecule is C[C@H]1CC[C@H](Nc2ncc(-c3ccc(OC(F)F)cc3)c(N3CCCC3)n2)CC1. The number of ether oxygens (including phenoxy) is 1. The number of anilines is 2. The van der Waals surface area contributed by atoms with Crippen molar-refractivity contribution in [3.63, 3.8) is 0 Å². The van der Waals surface area contributed by atoms with Gasteiger partial charge in [-0.15, -0.1) is 0 Å². The van der Waals surface area contributed by atoms with Gasteiger partial charge in [0.15, 0.2) is 0 Å². The normalized spacial score (nSPS) is 22.1. The second kappa shape index (κ2) is 8.93. The molecule has 0 unspecified atom stereocenters. The third-order valence-electron chi connectivity index (χ3n) is 5.91. The van der Waals surface area contributed by atoms with Crippen molar-refractivity contribution in [2.45, 2.75) is 58.1 Å². The lowest BCUT2D eigenvalue weighted by molar-refractivity contribution is -0.0498. The molecule has 0 radical (unpaired) electrons. The highest BCUT2D eigenvalue weighted by molar-refractivity contribution is 5.76. The average molecular weight is 402 g/mol. The summed E-state index contributed by atoms with van der Waals surface area (Å²) in [6.07, 6.45) is 8.91.